The van der Waals surface area contributed by atoms with Gasteiger partial charge in [0.05, 0.1) is 0 Å². The van der Waals surface area contributed by atoms with Gasteiger partial charge in [-0.15, -0.1) is 25.6 Å². The highest BCUT2D eigenvalue weighted by molar-refractivity contribution is 9.10. The van der Waals surface area contributed by atoms with Crippen LogP contribution in [0.25, 0.3) is 0 Å². The average Bonchev–Trinajstić information content (AvgIpc) is 2.39. The zero-order valence-electron chi connectivity index (χ0n) is 11.4. The molecular weight excluding hydrogens is 373 g/mol. The smallest absolute Gasteiger partial charge is 0.405 e. The highest BCUT2D eigenvalue weighted by atomic mass is 79.9. The van der Waals surface area contributed by atoms with Gasteiger partial charge >= 0.3 is 6.36 Å². The van der Waals surface area contributed by atoms with E-state index in [1.54, 1.807) is 12.1 Å². The van der Waals surface area contributed by atoms with Gasteiger partial charge in [0, 0.05) is 42.3 Å². The number of ether oxygens (including phenoxy) is 1. The molecule has 21 heavy (non-hydrogen) atoms. The second-order valence-electron chi connectivity index (χ2n) is 4.69. The average molecular weight is 390 g/mol. The minimum atomic E-state index is -4.67. The Labute approximate surface area is 136 Å². The number of rotatable bonds is 3. The van der Waals surface area contributed by atoms with Crippen molar-refractivity contribution >= 4 is 28.3 Å². The van der Waals surface area contributed by atoms with Crippen molar-refractivity contribution in [3.8, 4) is 5.75 Å². The lowest BCUT2D eigenvalue weighted by molar-refractivity contribution is -0.275. The van der Waals surface area contributed by atoms with Crippen LogP contribution in [0.3, 0.4) is 0 Å². The Hall–Kier alpha value is -0.500. The molecule has 1 aromatic carbocycles. The van der Waals surface area contributed by atoms with Gasteiger partial charge in [-0.05, 0) is 25.1 Å². The molecule has 3 nitrogen and oxygen atoms in total. The predicted molar refractivity (Wildman–Crippen MR) is 80.9 cm³/mol. The van der Waals surface area contributed by atoms with Crippen LogP contribution in [0.1, 0.15) is 18.5 Å². The van der Waals surface area contributed by atoms with Crippen LogP contribution < -0.4 is 10.1 Å². The fourth-order valence-corrected chi connectivity index (χ4v) is 2.71. The van der Waals surface area contributed by atoms with Crippen molar-refractivity contribution in [1.82, 2.24) is 10.2 Å². The van der Waals surface area contributed by atoms with Crippen LogP contribution in [0.5, 0.6) is 5.75 Å². The summed E-state index contributed by atoms with van der Waals surface area (Å²) in [6, 6.07) is 4.46. The highest BCUT2D eigenvalue weighted by Gasteiger charge is 2.33. The first kappa shape index (κ1) is 18.5. The number of piperazine rings is 1. The molecule has 0 radical (unpaired) electrons. The summed E-state index contributed by atoms with van der Waals surface area (Å²) in [6.45, 7) is 5.19. The molecule has 0 unspecified atom stereocenters. The molecular formula is C13H17BrClF3N2O. The van der Waals surface area contributed by atoms with Crippen molar-refractivity contribution in [1.29, 1.82) is 0 Å². The molecule has 1 heterocycles. The van der Waals surface area contributed by atoms with Crippen LogP contribution in [-0.4, -0.2) is 37.4 Å². The maximum atomic E-state index is 12.5. The van der Waals surface area contributed by atoms with Crippen molar-refractivity contribution in [2.75, 3.05) is 26.2 Å². The van der Waals surface area contributed by atoms with Gasteiger partial charge in [0.2, 0.25) is 0 Å². The van der Waals surface area contributed by atoms with E-state index >= 15 is 0 Å². The zero-order valence-corrected chi connectivity index (χ0v) is 13.8. The van der Waals surface area contributed by atoms with E-state index in [-0.39, 0.29) is 24.2 Å². The summed E-state index contributed by atoms with van der Waals surface area (Å²) in [5.41, 5.74) is 0.540. The lowest BCUT2D eigenvalue weighted by Crippen LogP contribution is -2.44. The molecule has 0 amide bonds. The summed E-state index contributed by atoms with van der Waals surface area (Å²) in [4.78, 5) is 2.14. The fraction of sp³-hybridized carbons (Fsp3) is 0.538. The van der Waals surface area contributed by atoms with Crippen molar-refractivity contribution < 1.29 is 17.9 Å². The summed E-state index contributed by atoms with van der Waals surface area (Å²) in [6.07, 6.45) is -4.67. The molecule has 0 bridgehead atoms. The van der Waals surface area contributed by atoms with E-state index in [2.05, 4.69) is 30.9 Å². The predicted octanol–water partition coefficient (Wildman–Crippen LogP) is 3.74. The number of hydrogen-bond acceptors (Lipinski definition) is 3. The summed E-state index contributed by atoms with van der Waals surface area (Å²) >= 11 is 3.30. The van der Waals surface area contributed by atoms with Crippen molar-refractivity contribution in [3.63, 3.8) is 0 Å². The monoisotopic (exact) mass is 388 g/mol. The van der Waals surface area contributed by atoms with Gasteiger partial charge in [0.25, 0.3) is 0 Å². The summed E-state index contributed by atoms with van der Waals surface area (Å²) in [7, 11) is 0. The maximum Gasteiger partial charge on any atom is 0.573 e. The first-order chi connectivity index (χ1) is 9.37. The fourth-order valence-electron chi connectivity index (χ4n) is 2.33. The normalized spacial score (nSPS) is 18.0. The van der Waals surface area contributed by atoms with Crippen LogP contribution >= 0.6 is 28.3 Å². The van der Waals surface area contributed by atoms with Crippen LogP contribution in [0.4, 0.5) is 13.2 Å². The van der Waals surface area contributed by atoms with E-state index in [9.17, 15) is 13.2 Å². The van der Waals surface area contributed by atoms with Gasteiger partial charge in [0.1, 0.15) is 5.75 Å². The standard InChI is InChI=1S/C13H16BrF3N2O.ClH/c1-9(19-6-4-18-5-7-19)11-8-10(14)2-3-12(11)20-13(15,16)17;/h2-3,8-9,18H,4-7H2,1H3;1H/t9-;/m1./s1. The maximum absolute atomic E-state index is 12.5. The number of hydrogen-bond donors (Lipinski definition) is 1. The van der Waals surface area contributed by atoms with Gasteiger partial charge in [0.15, 0.2) is 0 Å². The first-order valence-electron chi connectivity index (χ1n) is 6.37. The van der Waals surface area contributed by atoms with Gasteiger partial charge in [-0.2, -0.15) is 0 Å². The molecule has 1 N–H and O–H groups in total. The van der Waals surface area contributed by atoms with E-state index in [4.69, 9.17) is 0 Å². The largest absolute Gasteiger partial charge is 0.573 e. The number of benzene rings is 1. The Kier molecular flexibility index (Phi) is 6.77. The molecule has 1 saturated heterocycles. The molecule has 1 aromatic rings. The molecule has 0 spiro atoms. The molecule has 1 atom stereocenters. The molecule has 1 aliphatic heterocycles. The SMILES string of the molecule is C[C@H](c1cc(Br)ccc1OC(F)(F)F)N1CCNCC1.Cl. The van der Waals surface area contributed by atoms with Crippen molar-refractivity contribution in [2.24, 2.45) is 0 Å². The lowest BCUT2D eigenvalue weighted by Gasteiger charge is -2.33. The third kappa shape index (κ3) is 5.32. The molecule has 0 aliphatic carbocycles. The minimum Gasteiger partial charge on any atom is -0.405 e. The Morgan fingerprint density at radius 2 is 1.90 bits per heavy atom. The number of alkyl halides is 3. The quantitative estimate of drug-likeness (QED) is 0.852. The van der Waals surface area contributed by atoms with Crippen LogP contribution in [0, 0.1) is 0 Å². The van der Waals surface area contributed by atoms with Gasteiger partial charge in [-0.3, -0.25) is 4.90 Å². The van der Waals surface area contributed by atoms with Crippen molar-refractivity contribution in [2.45, 2.75) is 19.3 Å². The van der Waals surface area contributed by atoms with Crippen molar-refractivity contribution in [3.05, 3.63) is 28.2 Å². The Morgan fingerprint density at radius 3 is 2.48 bits per heavy atom. The Bertz CT molecular complexity index is 467. The molecule has 120 valence electrons. The van der Waals surface area contributed by atoms with E-state index < -0.39 is 6.36 Å². The number of nitrogens with one attached hydrogen (secondary N) is 1. The Balaban J connectivity index is 0.00000220. The number of halogens is 5. The third-order valence-corrected chi connectivity index (χ3v) is 3.84. The van der Waals surface area contributed by atoms with Gasteiger partial charge in [-0.25, -0.2) is 0 Å². The first-order valence-corrected chi connectivity index (χ1v) is 7.16. The van der Waals surface area contributed by atoms with E-state index in [0.29, 0.717) is 5.56 Å². The summed E-state index contributed by atoms with van der Waals surface area (Å²) in [5, 5.41) is 3.22. The molecule has 1 aliphatic rings. The molecule has 1 fully saturated rings. The van der Waals surface area contributed by atoms with E-state index in [1.807, 2.05) is 6.92 Å². The molecule has 0 saturated carbocycles. The van der Waals surface area contributed by atoms with Crippen LogP contribution in [0.15, 0.2) is 22.7 Å². The van der Waals surface area contributed by atoms with E-state index in [0.717, 1.165) is 30.7 Å². The third-order valence-electron chi connectivity index (χ3n) is 3.35. The lowest BCUT2D eigenvalue weighted by atomic mass is 10.1. The molecule has 8 heteroatoms. The second kappa shape index (κ2) is 7.67. The molecule has 2 rings (SSSR count). The summed E-state index contributed by atoms with van der Waals surface area (Å²) in [5.74, 6) is -0.133. The number of nitrogens with zero attached hydrogens (tertiary/aromatic N) is 1. The van der Waals surface area contributed by atoms with Gasteiger partial charge < -0.3 is 10.1 Å². The topological polar surface area (TPSA) is 24.5 Å². The summed E-state index contributed by atoms with van der Waals surface area (Å²) < 4.78 is 42.3. The van der Waals surface area contributed by atoms with E-state index in [1.165, 1.54) is 6.07 Å². The minimum absolute atomic E-state index is 0. The highest BCUT2D eigenvalue weighted by Crippen LogP contribution is 2.35. The van der Waals surface area contributed by atoms with Crippen LogP contribution in [-0.2, 0) is 0 Å². The second-order valence-corrected chi connectivity index (χ2v) is 5.61. The zero-order chi connectivity index (χ0) is 14.8. The molecule has 0 aromatic heterocycles. The van der Waals surface area contributed by atoms with Crippen LogP contribution in [0.2, 0.25) is 0 Å². The van der Waals surface area contributed by atoms with Gasteiger partial charge in [-0.1, -0.05) is 15.9 Å². The Morgan fingerprint density at radius 1 is 1.29 bits per heavy atom.